The Labute approximate surface area is 155 Å². The number of pyridine rings is 1. The number of hydrogen-bond donors (Lipinski definition) is 0. The zero-order valence-electron chi connectivity index (χ0n) is 13.9. The number of fused-ring (bicyclic) bond motifs is 1. The van der Waals surface area contributed by atoms with E-state index in [9.17, 15) is 9.59 Å². The van der Waals surface area contributed by atoms with Crippen molar-refractivity contribution in [3.63, 3.8) is 0 Å². The molecule has 0 bridgehead atoms. The molecule has 0 unspecified atom stereocenters. The summed E-state index contributed by atoms with van der Waals surface area (Å²) in [5, 5.41) is 1.68. The van der Waals surface area contributed by atoms with Gasteiger partial charge in [-0.15, -0.1) is 11.8 Å². The lowest BCUT2D eigenvalue weighted by molar-refractivity contribution is -0.150. The minimum Gasteiger partial charge on any atom is -0.467 e. The number of carbonyl (C=O) groups excluding carboxylic acids is 2. The van der Waals surface area contributed by atoms with Gasteiger partial charge in [-0.1, -0.05) is 17.7 Å². The van der Waals surface area contributed by atoms with Crippen molar-refractivity contribution in [3.8, 4) is 0 Å². The van der Waals surface area contributed by atoms with Gasteiger partial charge in [0.15, 0.2) is 0 Å². The van der Waals surface area contributed by atoms with Crippen molar-refractivity contribution in [2.45, 2.75) is 30.2 Å². The maximum atomic E-state index is 12.4. The van der Waals surface area contributed by atoms with Crippen molar-refractivity contribution in [3.05, 3.63) is 35.5 Å². The SMILES string of the molecule is COC(=O)[C@@H]1CCCN1C(=O)CCSc1ccnc2cc(Cl)ccc12. The van der Waals surface area contributed by atoms with Crippen LogP contribution in [0.3, 0.4) is 0 Å². The predicted molar refractivity (Wildman–Crippen MR) is 98.8 cm³/mol. The summed E-state index contributed by atoms with van der Waals surface area (Å²) in [5.41, 5.74) is 0.842. The first-order chi connectivity index (χ1) is 12.1. The quantitative estimate of drug-likeness (QED) is 0.588. The van der Waals surface area contributed by atoms with Crippen molar-refractivity contribution in [2.24, 2.45) is 0 Å². The fraction of sp³-hybridized carbons (Fsp3) is 0.389. The number of thioether (sulfide) groups is 1. The molecular formula is C18H19ClN2O3S. The van der Waals surface area contributed by atoms with Gasteiger partial charge in [0.1, 0.15) is 6.04 Å². The first-order valence-corrected chi connectivity index (χ1v) is 9.51. The van der Waals surface area contributed by atoms with Gasteiger partial charge >= 0.3 is 5.97 Å². The van der Waals surface area contributed by atoms with Crippen molar-refractivity contribution >= 4 is 46.1 Å². The Morgan fingerprint density at radius 2 is 2.24 bits per heavy atom. The number of rotatable bonds is 5. The third-order valence-electron chi connectivity index (χ3n) is 4.28. The van der Waals surface area contributed by atoms with E-state index in [-0.39, 0.29) is 11.9 Å². The molecule has 1 aromatic carbocycles. The highest BCUT2D eigenvalue weighted by atomic mass is 35.5. The minimum atomic E-state index is -0.425. The smallest absolute Gasteiger partial charge is 0.328 e. The Bertz CT molecular complexity index is 799. The first kappa shape index (κ1) is 18.0. The van der Waals surface area contributed by atoms with Gasteiger partial charge in [0.05, 0.1) is 12.6 Å². The van der Waals surface area contributed by atoms with E-state index in [4.69, 9.17) is 16.3 Å². The number of benzene rings is 1. The second kappa shape index (κ2) is 8.06. The Hall–Kier alpha value is -1.79. The molecule has 0 saturated carbocycles. The van der Waals surface area contributed by atoms with Crippen LogP contribution < -0.4 is 0 Å². The summed E-state index contributed by atoms with van der Waals surface area (Å²) in [4.78, 5) is 31.3. The molecule has 0 radical (unpaired) electrons. The van der Waals surface area contributed by atoms with E-state index >= 15 is 0 Å². The molecule has 0 aliphatic carbocycles. The van der Waals surface area contributed by atoms with Gasteiger partial charge in [-0.05, 0) is 31.0 Å². The van der Waals surface area contributed by atoms with Crippen molar-refractivity contribution in [1.82, 2.24) is 9.88 Å². The minimum absolute atomic E-state index is 0.00167. The second-order valence-corrected chi connectivity index (χ2v) is 7.41. The van der Waals surface area contributed by atoms with Crippen LogP contribution in [0.1, 0.15) is 19.3 Å². The highest BCUT2D eigenvalue weighted by Gasteiger charge is 2.34. The fourth-order valence-electron chi connectivity index (χ4n) is 3.06. The van der Waals surface area contributed by atoms with Crippen LogP contribution in [-0.2, 0) is 14.3 Å². The first-order valence-electron chi connectivity index (χ1n) is 8.14. The molecule has 5 nitrogen and oxygen atoms in total. The second-order valence-electron chi connectivity index (χ2n) is 5.84. The Balaban J connectivity index is 1.61. The number of nitrogens with zero attached hydrogens (tertiary/aromatic N) is 2. The van der Waals surface area contributed by atoms with E-state index in [0.29, 0.717) is 30.2 Å². The number of halogens is 1. The maximum absolute atomic E-state index is 12.4. The molecule has 3 rings (SSSR count). The zero-order chi connectivity index (χ0) is 17.8. The number of carbonyl (C=O) groups is 2. The predicted octanol–water partition coefficient (Wildman–Crippen LogP) is 3.53. The van der Waals surface area contributed by atoms with E-state index in [1.807, 2.05) is 24.3 Å². The van der Waals surface area contributed by atoms with E-state index in [1.54, 1.807) is 22.9 Å². The highest BCUT2D eigenvalue weighted by Crippen LogP contribution is 2.29. The summed E-state index contributed by atoms with van der Waals surface area (Å²) in [6.45, 7) is 0.625. The monoisotopic (exact) mass is 378 g/mol. The van der Waals surface area contributed by atoms with E-state index in [0.717, 1.165) is 22.2 Å². The Morgan fingerprint density at radius 3 is 3.04 bits per heavy atom. The molecule has 1 atom stereocenters. The molecule has 0 N–H and O–H groups in total. The van der Waals surface area contributed by atoms with Crippen molar-refractivity contribution < 1.29 is 14.3 Å². The van der Waals surface area contributed by atoms with Crippen LogP contribution in [0.4, 0.5) is 0 Å². The van der Waals surface area contributed by atoms with Gasteiger partial charge in [-0.25, -0.2) is 4.79 Å². The topological polar surface area (TPSA) is 59.5 Å². The molecule has 1 amide bonds. The molecule has 1 aromatic heterocycles. The number of ether oxygens (including phenoxy) is 1. The van der Waals surface area contributed by atoms with Gasteiger partial charge in [0.25, 0.3) is 0 Å². The molecule has 1 aliphatic rings. The Morgan fingerprint density at radius 1 is 1.40 bits per heavy atom. The summed E-state index contributed by atoms with van der Waals surface area (Å²) in [5.74, 6) is 0.322. The molecule has 1 aliphatic heterocycles. The fourth-order valence-corrected chi connectivity index (χ4v) is 4.21. The number of methoxy groups -OCH3 is 1. The van der Waals surface area contributed by atoms with Crippen LogP contribution in [-0.4, -0.2) is 47.2 Å². The number of aromatic nitrogens is 1. The molecule has 1 fully saturated rings. The summed E-state index contributed by atoms with van der Waals surface area (Å²) < 4.78 is 4.79. The van der Waals surface area contributed by atoms with Gasteiger partial charge in [0.2, 0.25) is 5.91 Å². The number of likely N-dealkylation sites (tertiary alicyclic amines) is 1. The van der Waals surface area contributed by atoms with E-state index < -0.39 is 6.04 Å². The largest absolute Gasteiger partial charge is 0.467 e. The average molecular weight is 379 g/mol. The van der Waals surface area contributed by atoms with Crippen LogP contribution in [0.25, 0.3) is 10.9 Å². The van der Waals surface area contributed by atoms with Crippen LogP contribution in [0.15, 0.2) is 35.4 Å². The standard InChI is InChI=1S/C18H19ClN2O3S/c1-24-18(23)15-3-2-9-21(15)17(22)7-10-25-16-6-8-20-14-11-12(19)4-5-13(14)16/h4-6,8,11,15H,2-3,7,9-10H2,1H3/t15-/m0/s1. The highest BCUT2D eigenvalue weighted by molar-refractivity contribution is 7.99. The average Bonchev–Trinajstić information content (AvgIpc) is 3.10. The number of esters is 1. The molecular weight excluding hydrogens is 360 g/mol. The molecule has 2 aromatic rings. The number of amides is 1. The lowest BCUT2D eigenvalue weighted by atomic mass is 10.2. The van der Waals surface area contributed by atoms with E-state index in [1.165, 1.54) is 7.11 Å². The van der Waals surface area contributed by atoms with Crippen molar-refractivity contribution in [1.29, 1.82) is 0 Å². The van der Waals surface area contributed by atoms with Crippen LogP contribution in [0.2, 0.25) is 5.02 Å². The molecule has 0 spiro atoms. The molecule has 2 heterocycles. The Kier molecular flexibility index (Phi) is 5.81. The summed E-state index contributed by atoms with van der Waals surface area (Å²) >= 11 is 7.62. The number of hydrogen-bond acceptors (Lipinski definition) is 5. The van der Waals surface area contributed by atoms with Crippen LogP contribution >= 0.6 is 23.4 Å². The summed E-state index contributed by atoms with van der Waals surface area (Å²) in [6.07, 6.45) is 3.65. The molecule has 132 valence electrons. The summed E-state index contributed by atoms with van der Waals surface area (Å²) in [7, 11) is 1.36. The lowest BCUT2D eigenvalue weighted by Crippen LogP contribution is -2.41. The third kappa shape index (κ3) is 4.07. The van der Waals surface area contributed by atoms with Gasteiger partial charge in [0, 0.05) is 40.2 Å². The van der Waals surface area contributed by atoms with Gasteiger partial charge in [-0.2, -0.15) is 0 Å². The van der Waals surface area contributed by atoms with Gasteiger partial charge < -0.3 is 9.64 Å². The normalized spacial score (nSPS) is 17.0. The lowest BCUT2D eigenvalue weighted by Gasteiger charge is -2.22. The molecule has 7 heteroatoms. The summed E-state index contributed by atoms with van der Waals surface area (Å²) in [6, 6.07) is 7.14. The third-order valence-corrected chi connectivity index (χ3v) is 5.60. The molecule has 1 saturated heterocycles. The van der Waals surface area contributed by atoms with Crippen LogP contribution in [0.5, 0.6) is 0 Å². The maximum Gasteiger partial charge on any atom is 0.328 e. The van der Waals surface area contributed by atoms with E-state index in [2.05, 4.69) is 4.98 Å². The zero-order valence-corrected chi connectivity index (χ0v) is 15.5. The van der Waals surface area contributed by atoms with Crippen molar-refractivity contribution in [2.75, 3.05) is 19.4 Å². The van der Waals surface area contributed by atoms with Gasteiger partial charge in [-0.3, -0.25) is 9.78 Å². The molecule has 25 heavy (non-hydrogen) atoms. The van der Waals surface area contributed by atoms with Crippen LogP contribution in [0, 0.1) is 0 Å².